The normalized spacial score (nSPS) is 9.96. The molecule has 2 rings (SSSR count). The third-order valence-corrected chi connectivity index (χ3v) is 3.46. The molecule has 0 saturated heterocycles. The Kier molecular flexibility index (Phi) is 6.31. The Balaban J connectivity index is 1.93. The van der Waals surface area contributed by atoms with E-state index in [2.05, 4.69) is 10.6 Å². The van der Waals surface area contributed by atoms with Gasteiger partial charge in [0.15, 0.2) is 11.5 Å². The second-order valence-corrected chi connectivity index (χ2v) is 5.03. The summed E-state index contributed by atoms with van der Waals surface area (Å²) in [5, 5.41) is 5.59. The zero-order valence-electron chi connectivity index (χ0n) is 14.1. The predicted molar refractivity (Wildman–Crippen MR) is 93.3 cm³/mol. The van der Waals surface area contributed by atoms with Crippen LogP contribution in [0.15, 0.2) is 42.5 Å². The zero-order valence-corrected chi connectivity index (χ0v) is 14.1. The summed E-state index contributed by atoms with van der Waals surface area (Å²) in [5.74, 6) is 1.75. The smallest absolute Gasteiger partial charge is 0.319 e. The summed E-state index contributed by atoms with van der Waals surface area (Å²) in [6.07, 6.45) is 0.638. The molecule has 0 radical (unpaired) electrons. The Bertz CT molecular complexity index is 649. The van der Waals surface area contributed by atoms with E-state index in [0.29, 0.717) is 30.2 Å². The van der Waals surface area contributed by atoms with Gasteiger partial charge < -0.3 is 24.8 Å². The molecule has 128 valence electrons. The van der Waals surface area contributed by atoms with Gasteiger partial charge in [-0.1, -0.05) is 18.2 Å². The highest BCUT2D eigenvalue weighted by Crippen LogP contribution is 2.38. The van der Waals surface area contributed by atoms with Crippen molar-refractivity contribution in [2.75, 3.05) is 33.2 Å². The summed E-state index contributed by atoms with van der Waals surface area (Å²) in [6.45, 7) is 0.483. The number of carbonyl (C=O) groups is 1. The molecule has 0 fully saturated rings. The number of amides is 2. The number of methoxy groups -OCH3 is 3. The van der Waals surface area contributed by atoms with E-state index in [9.17, 15) is 4.79 Å². The van der Waals surface area contributed by atoms with Crippen molar-refractivity contribution in [3.8, 4) is 17.2 Å². The van der Waals surface area contributed by atoms with Crippen LogP contribution in [0, 0.1) is 0 Å². The van der Waals surface area contributed by atoms with Crippen LogP contribution in [0.2, 0.25) is 0 Å². The molecule has 0 bridgehead atoms. The number of nitrogens with one attached hydrogen (secondary N) is 2. The largest absolute Gasteiger partial charge is 0.493 e. The topological polar surface area (TPSA) is 68.8 Å². The van der Waals surface area contributed by atoms with Crippen LogP contribution in [0.25, 0.3) is 0 Å². The van der Waals surface area contributed by atoms with Crippen molar-refractivity contribution < 1.29 is 19.0 Å². The molecule has 6 nitrogen and oxygen atoms in total. The molecule has 2 aromatic rings. The fraction of sp³-hybridized carbons (Fsp3) is 0.278. The quantitative estimate of drug-likeness (QED) is 0.818. The monoisotopic (exact) mass is 330 g/mol. The number of ether oxygens (including phenoxy) is 3. The second kappa shape index (κ2) is 8.67. The lowest BCUT2D eigenvalue weighted by molar-refractivity contribution is 0.252. The van der Waals surface area contributed by atoms with Crippen LogP contribution < -0.4 is 24.8 Å². The predicted octanol–water partition coefficient (Wildman–Crippen LogP) is 3.08. The van der Waals surface area contributed by atoms with E-state index in [-0.39, 0.29) is 6.03 Å². The Morgan fingerprint density at radius 2 is 1.58 bits per heavy atom. The van der Waals surface area contributed by atoms with Crippen LogP contribution in [-0.2, 0) is 6.42 Å². The van der Waals surface area contributed by atoms with Gasteiger partial charge in [-0.25, -0.2) is 4.79 Å². The SMILES string of the molecule is COc1cc(CCNC(=O)Nc2ccccc2)cc(OC)c1OC. The maximum atomic E-state index is 11.9. The number of benzene rings is 2. The van der Waals surface area contributed by atoms with Crippen LogP contribution in [0.3, 0.4) is 0 Å². The minimum absolute atomic E-state index is 0.242. The molecule has 0 heterocycles. The lowest BCUT2D eigenvalue weighted by atomic mass is 10.1. The maximum absolute atomic E-state index is 11.9. The van der Waals surface area contributed by atoms with Crippen LogP contribution in [0.5, 0.6) is 17.2 Å². The number of para-hydroxylation sites is 1. The fourth-order valence-electron chi connectivity index (χ4n) is 2.30. The molecule has 0 spiro atoms. The van der Waals surface area contributed by atoms with Crippen molar-refractivity contribution in [3.63, 3.8) is 0 Å². The average Bonchev–Trinajstić information content (AvgIpc) is 2.61. The van der Waals surface area contributed by atoms with Gasteiger partial charge >= 0.3 is 6.03 Å². The number of hydrogen-bond acceptors (Lipinski definition) is 4. The van der Waals surface area contributed by atoms with Gasteiger partial charge in [0.25, 0.3) is 0 Å². The van der Waals surface area contributed by atoms with E-state index in [1.54, 1.807) is 21.3 Å². The molecule has 24 heavy (non-hydrogen) atoms. The van der Waals surface area contributed by atoms with E-state index in [1.807, 2.05) is 42.5 Å². The molecular weight excluding hydrogens is 308 g/mol. The van der Waals surface area contributed by atoms with Crippen molar-refractivity contribution in [3.05, 3.63) is 48.0 Å². The van der Waals surface area contributed by atoms with Gasteiger partial charge in [-0.05, 0) is 36.2 Å². The van der Waals surface area contributed by atoms with E-state index in [0.717, 1.165) is 11.3 Å². The third-order valence-electron chi connectivity index (χ3n) is 3.46. The summed E-state index contributed by atoms with van der Waals surface area (Å²) in [7, 11) is 4.72. The second-order valence-electron chi connectivity index (χ2n) is 5.03. The fourth-order valence-corrected chi connectivity index (χ4v) is 2.30. The summed E-state index contributed by atoms with van der Waals surface area (Å²) in [4.78, 5) is 11.9. The van der Waals surface area contributed by atoms with Crippen molar-refractivity contribution in [2.24, 2.45) is 0 Å². The molecule has 2 amide bonds. The van der Waals surface area contributed by atoms with E-state index in [4.69, 9.17) is 14.2 Å². The summed E-state index contributed by atoms with van der Waals surface area (Å²) in [5.41, 5.74) is 1.73. The number of urea groups is 1. The molecule has 2 aromatic carbocycles. The van der Waals surface area contributed by atoms with Gasteiger partial charge in [0.05, 0.1) is 21.3 Å². The lowest BCUT2D eigenvalue weighted by Crippen LogP contribution is -2.30. The molecule has 0 aromatic heterocycles. The minimum atomic E-state index is -0.242. The Labute approximate surface area is 141 Å². The van der Waals surface area contributed by atoms with Crippen LogP contribution in [0.1, 0.15) is 5.56 Å². The first-order valence-electron chi connectivity index (χ1n) is 7.56. The molecule has 0 aliphatic rings. The Morgan fingerprint density at radius 1 is 0.958 bits per heavy atom. The standard InChI is InChI=1S/C18H22N2O4/c1-22-15-11-13(12-16(23-2)17(15)24-3)9-10-19-18(21)20-14-7-5-4-6-8-14/h4-8,11-12H,9-10H2,1-3H3,(H2,19,20,21). The van der Waals surface area contributed by atoms with Crippen molar-refractivity contribution in [1.29, 1.82) is 0 Å². The lowest BCUT2D eigenvalue weighted by Gasteiger charge is -2.14. The van der Waals surface area contributed by atoms with Crippen LogP contribution in [-0.4, -0.2) is 33.9 Å². The van der Waals surface area contributed by atoms with Crippen LogP contribution >= 0.6 is 0 Å². The van der Waals surface area contributed by atoms with E-state index < -0.39 is 0 Å². The molecular formula is C18H22N2O4. The van der Waals surface area contributed by atoms with Gasteiger partial charge in [0.2, 0.25) is 5.75 Å². The molecule has 2 N–H and O–H groups in total. The summed E-state index contributed by atoms with van der Waals surface area (Å²) in [6, 6.07) is 12.8. The van der Waals surface area contributed by atoms with Crippen LogP contribution in [0.4, 0.5) is 10.5 Å². The Hall–Kier alpha value is -2.89. The zero-order chi connectivity index (χ0) is 17.4. The van der Waals surface area contributed by atoms with Gasteiger partial charge in [-0.3, -0.25) is 0 Å². The van der Waals surface area contributed by atoms with Gasteiger partial charge in [-0.2, -0.15) is 0 Å². The first-order valence-corrected chi connectivity index (χ1v) is 7.56. The van der Waals surface area contributed by atoms with Crippen molar-refractivity contribution in [1.82, 2.24) is 5.32 Å². The average molecular weight is 330 g/mol. The minimum Gasteiger partial charge on any atom is -0.493 e. The van der Waals surface area contributed by atoms with E-state index >= 15 is 0 Å². The highest BCUT2D eigenvalue weighted by molar-refractivity contribution is 5.89. The van der Waals surface area contributed by atoms with Gasteiger partial charge in [0, 0.05) is 12.2 Å². The number of anilines is 1. The molecule has 0 unspecified atom stereocenters. The highest BCUT2D eigenvalue weighted by Gasteiger charge is 2.13. The molecule has 0 saturated carbocycles. The maximum Gasteiger partial charge on any atom is 0.319 e. The number of hydrogen-bond donors (Lipinski definition) is 2. The Morgan fingerprint density at radius 3 is 2.12 bits per heavy atom. The third kappa shape index (κ3) is 4.55. The van der Waals surface area contributed by atoms with Crippen molar-refractivity contribution in [2.45, 2.75) is 6.42 Å². The summed E-state index contributed by atoms with van der Waals surface area (Å²) >= 11 is 0. The van der Waals surface area contributed by atoms with Gasteiger partial charge in [-0.15, -0.1) is 0 Å². The highest BCUT2D eigenvalue weighted by atomic mass is 16.5. The van der Waals surface area contributed by atoms with Crippen molar-refractivity contribution >= 4 is 11.7 Å². The number of carbonyl (C=O) groups excluding carboxylic acids is 1. The molecule has 6 heteroatoms. The summed E-state index contributed by atoms with van der Waals surface area (Å²) < 4.78 is 15.9. The molecule has 0 atom stereocenters. The van der Waals surface area contributed by atoms with Gasteiger partial charge in [0.1, 0.15) is 0 Å². The van der Waals surface area contributed by atoms with E-state index in [1.165, 1.54) is 0 Å². The first kappa shape index (κ1) is 17.5. The first-order chi connectivity index (χ1) is 11.7. The number of rotatable bonds is 7. The molecule has 0 aliphatic carbocycles. The molecule has 0 aliphatic heterocycles.